The van der Waals surface area contributed by atoms with Crippen molar-refractivity contribution in [1.29, 1.82) is 0 Å². The molecule has 0 radical (unpaired) electrons. The van der Waals surface area contributed by atoms with Crippen LogP contribution in [0.1, 0.15) is 35.4 Å². The molecule has 90 valence electrons. The van der Waals surface area contributed by atoms with Crippen LogP contribution in [0.3, 0.4) is 0 Å². The number of aryl methyl sites for hydroxylation is 2. The van der Waals surface area contributed by atoms with Crippen molar-refractivity contribution in [1.82, 2.24) is 4.98 Å². The zero-order valence-corrected chi connectivity index (χ0v) is 11.9. The Morgan fingerprint density at radius 2 is 2.18 bits per heavy atom. The van der Waals surface area contributed by atoms with E-state index in [4.69, 9.17) is 4.42 Å². The molecule has 0 fully saturated rings. The highest BCUT2D eigenvalue weighted by Gasteiger charge is 2.17. The third-order valence-corrected chi connectivity index (χ3v) is 5.01. The van der Waals surface area contributed by atoms with Crippen molar-refractivity contribution in [2.75, 3.05) is 0 Å². The zero-order chi connectivity index (χ0) is 11.7. The van der Waals surface area contributed by atoms with E-state index in [2.05, 4.69) is 27.0 Å². The molecule has 17 heavy (non-hydrogen) atoms. The van der Waals surface area contributed by atoms with E-state index in [1.165, 1.54) is 48.9 Å². The Hall–Kier alpha value is -0.610. The highest BCUT2D eigenvalue weighted by molar-refractivity contribution is 9.08. The maximum atomic E-state index is 5.52. The van der Waals surface area contributed by atoms with Crippen LogP contribution in [0.15, 0.2) is 16.9 Å². The number of aromatic nitrogens is 1. The summed E-state index contributed by atoms with van der Waals surface area (Å²) in [6.45, 7) is 0. The lowest BCUT2D eigenvalue weighted by Gasteiger charge is -1.94. The minimum absolute atomic E-state index is 0.751. The maximum absolute atomic E-state index is 5.52. The molecule has 1 aliphatic carbocycles. The first-order valence-electron chi connectivity index (χ1n) is 5.99. The summed E-state index contributed by atoms with van der Waals surface area (Å²) < 4.78 is 5.52. The normalized spacial score (nSPS) is 15.6. The van der Waals surface area contributed by atoms with Gasteiger partial charge in [-0.3, -0.25) is 0 Å². The second-order valence-corrected chi connectivity index (χ2v) is 6.08. The Balaban J connectivity index is 1.99. The van der Waals surface area contributed by atoms with Crippen LogP contribution in [0.25, 0.3) is 10.6 Å². The van der Waals surface area contributed by atoms with Gasteiger partial charge in [-0.15, -0.1) is 11.3 Å². The molecule has 0 saturated heterocycles. The Kier molecular flexibility index (Phi) is 3.34. The molecule has 0 aromatic carbocycles. The van der Waals surface area contributed by atoms with Gasteiger partial charge in [-0.1, -0.05) is 22.4 Å². The van der Waals surface area contributed by atoms with E-state index >= 15 is 0 Å². The predicted octanol–water partition coefficient (Wildman–Crippen LogP) is 4.57. The van der Waals surface area contributed by atoms with E-state index in [0.717, 1.165) is 16.8 Å². The molecule has 2 aromatic rings. The molecule has 2 heterocycles. The molecule has 2 nitrogen and oxygen atoms in total. The fourth-order valence-corrected chi connectivity index (χ4v) is 4.01. The van der Waals surface area contributed by atoms with Crippen LogP contribution >= 0.6 is 27.3 Å². The lowest BCUT2D eigenvalue weighted by molar-refractivity contribution is 0.572. The minimum atomic E-state index is 0.751. The molecular formula is C13H14BrNOS. The molecule has 0 unspecified atom stereocenters. The van der Waals surface area contributed by atoms with E-state index in [-0.39, 0.29) is 0 Å². The lowest BCUT2D eigenvalue weighted by atomic mass is 10.1. The Labute approximate surface area is 113 Å². The molecule has 0 aliphatic heterocycles. The first-order valence-corrected chi connectivity index (χ1v) is 7.92. The fraction of sp³-hybridized carbons (Fsp3) is 0.462. The van der Waals surface area contributed by atoms with Crippen LogP contribution in [-0.2, 0) is 18.2 Å². The van der Waals surface area contributed by atoms with Crippen LogP contribution < -0.4 is 0 Å². The largest absolute Gasteiger partial charge is 0.442 e. The van der Waals surface area contributed by atoms with E-state index in [9.17, 15) is 0 Å². The smallest absolute Gasteiger partial charge is 0.181 e. The van der Waals surface area contributed by atoms with E-state index < -0.39 is 0 Å². The summed E-state index contributed by atoms with van der Waals surface area (Å²) in [6.07, 6.45) is 8.02. The van der Waals surface area contributed by atoms with E-state index in [1.54, 1.807) is 4.88 Å². The molecule has 0 amide bonds. The Morgan fingerprint density at radius 1 is 1.29 bits per heavy atom. The van der Waals surface area contributed by atoms with Gasteiger partial charge in [-0.25, -0.2) is 4.98 Å². The Bertz CT molecular complexity index is 494. The van der Waals surface area contributed by atoms with Gasteiger partial charge in [0.25, 0.3) is 0 Å². The zero-order valence-electron chi connectivity index (χ0n) is 9.54. The third-order valence-electron chi connectivity index (χ3n) is 3.24. The van der Waals surface area contributed by atoms with Crippen molar-refractivity contribution in [3.8, 4) is 10.6 Å². The molecule has 0 saturated carbocycles. The van der Waals surface area contributed by atoms with Gasteiger partial charge < -0.3 is 4.42 Å². The van der Waals surface area contributed by atoms with Gasteiger partial charge in [0, 0.05) is 10.2 Å². The third kappa shape index (κ3) is 2.20. The van der Waals surface area contributed by atoms with Crippen molar-refractivity contribution in [2.45, 2.75) is 37.4 Å². The van der Waals surface area contributed by atoms with Gasteiger partial charge in [0.1, 0.15) is 0 Å². The molecule has 0 spiro atoms. The summed E-state index contributed by atoms with van der Waals surface area (Å²) >= 11 is 5.33. The van der Waals surface area contributed by atoms with Crippen molar-refractivity contribution in [3.63, 3.8) is 0 Å². The molecular weight excluding hydrogens is 298 g/mol. The SMILES string of the molecule is BrCc1ncoc1-c1cc2c(s1)CCCCC2. The molecule has 4 heteroatoms. The summed E-state index contributed by atoms with van der Waals surface area (Å²) in [5, 5.41) is 0.751. The monoisotopic (exact) mass is 311 g/mol. The molecule has 0 N–H and O–H groups in total. The molecule has 0 atom stereocenters. The quantitative estimate of drug-likeness (QED) is 0.600. The summed E-state index contributed by atoms with van der Waals surface area (Å²) in [7, 11) is 0. The molecule has 1 aliphatic rings. The standard InChI is InChI=1S/C13H14BrNOS/c14-7-10-13(16-8-15-10)12-6-9-4-2-1-3-5-11(9)17-12/h6,8H,1-5,7H2. The summed E-state index contributed by atoms with van der Waals surface area (Å²) in [6, 6.07) is 2.30. The molecule has 3 rings (SSSR count). The Morgan fingerprint density at radius 3 is 3.06 bits per heavy atom. The van der Waals surface area contributed by atoms with Crippen molar-refractivity contribution < 1.29 is 4.42 Å². The van der Waals surface area contributed by atoms with Gasteiger partial charge in [0.15, 0.2) is 12.2 Å². The first kappa shape index (κ1) is 11.5. The van der Waals surface area contributed by atoms with Crippen molar-refractivity contribution in [2.24, 2.45) is 0 Å². The summed E-state index contributed by atoms with van der Waals surface area (Å²) in [5.41, 5.74) is 2.53. The fourth-order valence-electron chi connectivity index (χ4n) is 2.34. The number of hydrogen-bond acceptors (Lipinski definition) is 3. The number of fused-ring (bicyclic) bond motifs is 1. The maximum Gasteiger partial charge on any atom is 0.181 e. The number of thiophene rings is 1. The predicted molar refractivity (Wildman–Crippen MR) is 73.7 cm³/mol. The van der Waals surface area contributed by atoms with Gasteiger partial charge >= 0.3 is 0 Å². The number of alkyl halides is 1. The van der Waals surface area contributed by atoms with E-state index in [1.807, 2.05) is 11.3 Å². The average molecular weight is 312 g/mol. The van der Waals surface area contributed by atoms with Crippen LogP contribution in [0.2, 0.25) is 0 Å². The summed E-state index contributed by atoms with van der Waals surface area (Å²) in [4.78, 5) is 7.02. The van der Waals surface area contributed by atoms with E-state index in [0.29, 0.717) is 0 Å². The highest BCUT2D eigenvalue weighted by atomic mass is 79.9. The summed E-state index contributed by atoms with van der Waals surface area (Å²) in [5.74, 6) is 0.944. The van der Waals surface area contributed by atoms with Crippen LogP contribution in [0.4, 0.5) is 0 Å². The average Bonchev–Trinajstić information content (AvgIpc) is 2.91. The van der Waals surface area contributed by atoms with Crippen molar-refractivity contribution in [3.05, 3.63) is 28.6 Å². The van der Waals surface area contributed by atoms with Crippen LogP contribution in [0.5, 0.6) is 0 Å². The number of halogens is 1. The van der Waals surface area contributed by atoms with Crippen molar-refractivity contribution >= 4 is 27.3 Å². The topological polar surface area (TPSA) is 26.0 Å². The number of hydrogen-bond donors (Lipinski definition) is 0. The minimum Gasteiger partial charge on any atom is -0.442 e. The number of nitrogens with zero attached hydrogens (tertiary/aromatic N) is 1. The molecule has 0 bridgehead atoms. The van der Waals surface area contributed by atoms with Gasteiger partial charge in [-0.05, 0) is 37.3 Å². The van der Waals surface area contributed by atoms with Crippen LogP contribution in [-0.4, -0.2) is 4.98 Å². The first-order chi connectivity index (χ1) is 8.38. The number of oxazole rings is 1. The van der Waals surface area contributed by atoms with Gasteiger partial charge in [-0.2, -0.15) is 0 Å². The lowest BCUT2D eigenvalue weighted by Crippen LogP contribution is -1.81. The molecule has 2 aromatic heterocycles. The second-order valence-electron chi connectivity index (χ2n) is 4.38. The second kappa shape index (κ2) is 4.94. The van der Waals surface area contributed by atoms with Gasteiger partial charge in [0.2, 0.25) is 0 Å². The van der Waals surface area contributed by atoms with Crippen LogP contribution in [0, 0.1) is 0 Å². The highest BCUT2D eigenvalue weighted by Crippen LogP contribution is 2.36. The number of rotatable bonds is 2. The van der Waals surface area contributed by atoms with Gasteiger partial charge in [0.05, 0.1) is 10.6 Å².